The molecule has 32 heavy (non-hydrogen) atoms. The average molecular weight is 495 g/mol. The highest BCUT2D eigenvalue weighted by Gasteiger charge is 2.35. The van der Waals surface area contributed by atoms with Crippen molar-refractivity contribution in [2.45, 2.75) is 19.7 Å². The van der Waals surface area contributed by atoms with Crippen molar-refractivity contribution in [3.8, 4) is 11.4 Å². The number of benzene rings is 1. The van der Waals surface area contributed by atoms with Crippen molar-refractivity contribution in [1.29, 1.82) is 0 Å². The molecule has 0 atom stereocenters. The molecule has 0 spiro atoms. The van der Waals surface area contributed by atoms with E-state index in [2.05, 4.69) is 15.5 Å². The summed E-state index contributed by atoms with van der Waals surface area (Å²) in [6.45, 7) is 0.748. The van der Waals surface area contributed by atoms with Gasteiger partial charge in [-0.15, -0.1) is 5.10 Å². The van der Waals surface area contributed by atoms with Crippen molar-refractivity contribution in [3.05, 3.63) is 60.6 Å². The number of carbonyl (C=O) groups excluding carboxylic acids is 1. The van der Waals surface area contributed by atoms with E-state index in [1.165, 1.54) is 0 Å². The summed E-state index contributed by atoms with van der Waals surface area (Å²) in [5, 5.41) is 10.1. The van der Waals surface area contributed by atoms with E-state index in [1.807, 2.05) is 0 Å². The largest absolute Gasteiger partial charge is 0.484 e. The normalized spacial score (nSPS) is 11.5. The van der Waals surface area contributed by atoms with Crippen LogP contribution in [0.3, 0.4) is 0 Å². The number of aromatic nitrogens is 6. The molecule has 0 saturated heterocycles. The van der Waals surface area contributed by atoms with Crippen LogP contribution in [0.1, 0.15) is 18.4 Å². The van der Waals surface area contributed by atoms with E-state index in [0.29, 0.717) is 9.41 Å². The van der Waals surface area contributed by atoms with Gasteiger partial charge in [-0.1, -0.05) is 23.2 Å². The summed E-state index contributed by atoms with van der Waals surface area (Å²) >= 11 is 12.2. The van der Waals surface area contributed by atoms with Gasteiger partial charge in [0.1, 0.15) is 11.4 Å². The van der Waals surface area contributed by atoms with E-state index in [0.717, 1.165) is 26.1 Å². The zero-order valence-corrected chi connectivity index (χ0v) is 17.6. The first-order chi connectivity index (χ1) is 14.9. The molecule has 2 heterocycles. The molecule has 11 nitrogen and oxygen atoms in total. The molecular formula is C16H11Cl2F3N6O5. The van der Waals surface area contributed by atoms with Crippen molar-refractivity contribution < 1.29 is 27.5 Å². The molecule has 0 N–H and O–H groups in total. The second kappa shape index (κ2) is 8.63. The fourth-order valence-corrected chi connectivity index (χ4v) is 3.06. The number of hydrogen-bond acceptors (Lipinski definition) is 8. The Labute approximate surface area is 185 Å². The van der Waals surface area contributed by atoms with Crippen LogP contribution in [0.5, 0.6) is 5.75 Å². The summed E-state index contributed by atoms with van der Waals surface area (Å²) in [4.78, 5) is 41.3. The minimum absolute atomic E-state index is 0.0459. The van der Waals surface area contributed by atoms with Crippen molar-refractivity contribution >= 4 is 29.2 Å². The molecule has 3 rings (SSSR count). The summed E-state index contributed by atoms with van der Waals surface area (Å²) in [5.41, 5.74) is -4.26. The lowest BCUT2D eigenvalue weighted by Gasteiger charge is -2.16. The van der Waals surface area contributed by atoms with Crippen LogP contribution in [-0.2, 0) is 24.6 Å². The maximum atomic E-state index is 13.1. The van der Waals surface area contributed by atoms with Crippen molar-refractivity contribution in [1.82, 2.24) is 29.5 Å². The molecule has 2 aromatic heterocycles. The van der Waals surface area contributed by atoms with Crippen molar-refractivity contribution in [3.63, 3.8) is 0 Å². The summed E-state index contributed by atoms with van der Waals surface area (Å²) in [6, 6.07) is 2.48. The van der Waals surface area contributed by atoms with Crippen LogP contribution in [0.4, 0.5) is 13.2 Å². The van der Waals surface area contributed by atoms with Crippen LogP contribution in [0.2, 0.25) is 10.0 Å². The number of tetrazole rings is 1. The Morgan fingerprint density at radius 3 is 2.47 bits per heavy atom. The molecule has 0 bridgehead atoms. The van der Waals surface area contributed by atoms with Crippen LogP contribution < -0.4 is 20.8 Å². The second-order valence-corrected chi connectivity index (χ2v) is 6.93. The highest BCUT2D eigenvalue weighted by molar-refractivity contribution is 6.36. The molecule has 16 heteroatoms. The van der Waals surface area contributed by atoms with Crippen molar-refractivity contribution in [2.75, 3.05) is 0 Å². The standard InChI is InChI=1S/C16H11Cl2F3N6O5/c1-7(28)32-27-13(22-23-24-27)6-31-11-4-10(8(17)3-9(11)18)26-14(29)5-12(16(19,20)21)25(2)15(26)30/h3-5H,6H2,1-2H3. The van der Waals surface area contributed by atoms with E-state index >= 15 is 0 Å². The number of hydrogen-bond donors (Lipinski definition) is 0. The number of halogens is 5. The Hall–Kier alpha value is -3.39. The Morgan fingerprint density at radius 1 is 1.16 bits per heavy atom. The minimum Gasteiger partial charge on any atom is -0.484 e. The van der Waals surface area contributed by atoms with Crippen LogP contribution in [0.15, 0.2) is 27.8 Å². The first-order valence-electron chi connectivity index (χ1n) is 8.38. The number of rotatable bonds is 5. The summed E-state index contributed by atoms with van der Waals surface area (Å²) in [5.74, 6) is -0.865. The molecule has 0 aliphatic rings. The predicted octanol–water partition coefficient (Wildman–Crippen LogP) is 1.40. The van der Waals surface area contributed by atoms with Gasteiger partial charge in [-0.25, -0.2) is 14.2 Å². The Morgan fingerprint density at radius 2 is 1.84 bits per heavy atom. The molecule has 0 saturated carbocycles. The number of nitrogens with zero attached hydrogens (tertiary/aromatic N) is 6. The SMILES string of the molecule is CC(=O)On1nnnc1COc1cc(-n2c(=O)cc(C(F)(F)F)n(C)c2=O)c(Cl)cc1Cl. The summed E-state index contributed by atoms with van der Waals surface area (Å²) in [6.07, 6.45) is -4.92. The fraction of sp³-hybridized carbons (Fsp3) is 0.250. The highest BCUT2D eigenvalue weighted by atomic mass is 35.5. The van der Waals surface area contributed by atoms with Gasteiger partial charge in [0, 0.05) is 26.1 Å². The molecular weight excluding hydrogens is 484 g/mol. The third-order valence-corrected chi connectivity index (χ3v) is 4.52. The third-order valence-electron chi connectivity index (χ3n) is 3.93. The topological polar surface area (TPSA) is 123 Å². The minimum atomic E-state index is -4.92. The van der Waals surface area contributed by atoms with Crippen LogP contribution in [0, 0.1) is 0 Å². The van der Waals surface area contributed by atoms with Gasteiger partial charge in [0.25, 0.3) is 5.56 Å². The molecule has 170 valence electrons. The molecule has 0 amide bonds. The Balaban J connectivity index is 2.03. The Bertz CT molecular complexity index is 1320. The van der Waals surface area contributed by atoms with E-state index in [4.69, 9.17) is 32.8 Å². The predicted molar refractivity (Wildman–Crippen MR) is 102 cm³/mol. The summed E-state index contributed by atoms with van der Waals surface area (Å²) in [7, 11) is 0.858. The maximum Gasteiger partial charge on any atom is 0.431 e. The second-order valence-electron chi connectivity index (χ2n) is 6.12. The van der Waals surface area contributed by atoms with Crippen LogP contribution >= 0.6 is 23.2 Å². The lowest BCUT2D eigenvalue weighted by Crippen LogP contribution is -2.40. The van der Waals surface area contributed by atoms with Crippen molar-refractivity contribution in [2.24, 2.45) is 7.05 Å². The van der Waals surface area contributed by atoms with E-state index in [9.17, 15) is 27.6 Å². The average Bonchev–Trinajstić information content (AvgIpc) is 3.10. The Kier molecular flexibility index (Phi) is 6.27. The van der Waals surface area contributed by atoms with Gasteiger partial charge in [0.2, 0.25) is 5.82 Å². The quantitative estimate of drug-likeness (QED) is 0.487. The van der Waals surface area contributed by atoms with E-state index in [-0.39, 0.29) is 44.5 Å². The van der Waals surface area contributed by atoms with Gasteiger partial charge in [-0.2, -0.15) is 13.2 Å². The first kappa shape index (κ1) is 23.3. The van der Waals surface area contributed by atoms with Gasteiger partial charge in [0.15, 0.2) is 6.61 Å². The molecule has 0 aliphatic carbocycles. The molecule has 0 radical (unpaired) electrons. The van der Waals surface area contributed by atoms with Gasteiger partial charge in [-0.05, 0) is 21.3 Å². The lowest BCUT2D eigenvalue weighted by molar-refractivity contribution is -0.144. The lowest BCUT2D eigenvalue weighted by atomic mass is 10.2. The van der Waals surface area contributed by atoms with E-state index < -0.39 is 29.1 Å². The first-order valence-corrected chi connectivity index (χ1v) is 9.14. The molecule has 0 fully saturated rings. The van der Waals surface area contributed by atoms with Gasteiger partial charge in [-0.3, -0.25) is 9.36 Å². The smallest absolute Gasteiger partial charge is 0.431 e. The van der Waals surface area contributed by atoms with Gasteiger partial charge >= 0.3 is 17.8 Å². The highest BCUT2D eigenvalue weighted by Crippen LogP contribution is 2.33. The van der Waals surface area contributed by atoms with Crippen LogP contribution in [-0.4, -0.2) is 35.5 Å². The molecule has 0 unspecified atom stereocenters. The van der Waals surface area contributed by atoms with E-state index in [1.54, 1.807) is 0 Å². The van der Waals surface area contributed by atoms with Gasteiger partial charge < -0.3 is 9.57 Å². The van der Waals surface area contributed by atoms with Crippen LogP contribution in [0.25, 0.3) is 5.69 Å². The maximum absolute atomic E-state index is 13.1. The number of ether oxygens (including phenoxy) is 1. The zero-order valence-electron chi connectivity index (χ0n) is 16.1. The van der Waals surface area contributed by atoms with Gasteiger partial charge in [0.05, 0.1) is 15.7 Å². The number of carbonyl (C=O) groups is 1. The molecule has 3 aromatic rings. The third kappa shape index (κ3) is 4.60. The fourth-order valence-electron chi connectivity index (χ4n) is 2.54. The summed E-state index contributed by atoms with van der Waals surface area (Å²) < 4.78 is 45.4. The molecule has 1 aromatic carbocycles. The monoisotopic (exact) mass is 494 g/mol. The molecule has 0 aliphatic heterocycles. The zero-order chi connectivity index (χ0) is 23.8. The number of alkyl halides is 3.